The van der Waals surface area contributed by atoms with Crippen LogP contribution in [0.1, 0.15) is 30.7 Å². The van der Waals surface area contributed by atoms with E-state index in [1.54, 1.807) is 11.3 Å². The second-order valence-corrected chi connectivity index (χ2v) is 5.28. The SMILES string of the molecule is Cc1ccc(CNC(=O)c2cccc(C(=O)O)n2)s1. The summed E-state index contributed by atoms with van der Waals surface area (Å²) in [6.45, 7) is 2.41. The molecule has 0 fully saturated rings. The highest BCUT2D eigenvalue weighted by molar-refractivity contribution is 7.11. The summed E-state index contributed by atoms with van der Waals surface area (Å²) in [6.07, 6.45) is 0. The molecule has 0 aliphatic carbocycles. The van der Waals surface area contributed by atoms with Crippen LogP contribution in [0.2, 0.25) is 0 Å². The van der Waals surface area contributed by atoms with Gasteiger partial charge < -0.3 is 10.4 Å². The van der Waals surface area contributed by atoms with Crippen LogP contribution in [0.5, 0.6) is 0 Å². The second-order valence-electron chi connectivity index (χ2n) is 3.91. The number of thiophene rings is 1. The second kappa shape index (κ2) is 5.62. The van der Waals surface area contributed by atoms with E-state index in [1.807, 2.05) is 19.1 Å². The van der Waals surface area contributed by atoms with Crippen molar-refractivity contribution in [1.29, 1.82) is 0 Å². The van der Waals surface area contributed by atoms with E-state index in [1.165, 1.54) is 23.1 Å². The topological polar surface area (TPSA) is 79.3 Å². The molecular weight excluding hydrogens is 264 g/mol. The van der Waals surface area contributed by atoms with E-state index < -0.39 is 5.97 Å². The number of pyridine rings is 1. The first-order chi connectivity index (χ1) is 9.06. The van der Waals surface area contributed by atoms with Gasteiger partial charge in [-0.25, -0.2) is 9.78 Å². The number of carboxylic acids is 1. The van der Waals surface area contributed by atoms with Crippen molar-refractivity contribution < 1.29 is 14.7 Å². The van der Waals surface area contributed by atoms with E-state index in [-0.39, 0.29) is 17.3 Å². The first-order valence-electron chi connectivity index (χ1n) is 5.60. The summed E-state index contributed by atoms with van der Waals surface area (Å²) in [5.41, 5.74) is -0.0344. The third kappa shape index (κ3) is 3.38. The lowest BCUT2D eigenvalue weighted by molar-refractivity contribution is 0.0690. The van der Waals surface area contributed by atoms with Gasteiger partial charge in [0.2, 0.25) is 0 Å². The average molecular weight is 276 g/mol. The predicted octanol–water partition coefficient (Wildman–Crippen LogP) is 2.08. The summed E-state index contributed by atoms with van der Waals surface area (Å²) in [5, 5.41) is 11.5. The van der Waals surface area contributed by atoms with Crippen LogP contribution in [-0.2, 0) is 6.54 Å². The van der Waals surface area contributed by atoms with E-state index >= 15 is 0 Å². The number of carboxylic acid groups (broad SMARTS) is 1. The van der Waals surface area contributed by atoms with Gasteiger partial charge in [-0.1, -0.05) is 6.07 Å². The van der Waals surface area contributed by atoms with Gasteiger partial charge in [-0.15, -0.1) is 11.3 Å². The zero-order valence-electron chi connectivity index (χ0n) is 10.2. The fraction of sp³-hybridized carbons (Fsp3) is 0.154. The Morgan fingerprint density at radius 2 is 2.00 bits per heavy atom. The molecule has 0 radical (unpaired) electrons. The summed E-state index contributed by atoms with van der Waals surface area (Å²) in [4.78, 5) is 28.6. The molecule has 2 rings (SSSR count). The highest BCUT2D eigenvalue weighted by atomic mass is 32.1. The molecule has 19 heavy (non-hydrogen) atoms. The summed E-state index contributed by atoms with van der Waals surface area (Å²) in [7, 11) is 0. The van der Waals surface area contributed by atoms with Gasteiger partial charge >= 0.3 is 5.97 Å². The monoisotopic (exact) mass is 276 g/mol. The molecule has 0 aliphatic heterocycles. The number of aryl methyl sites for hydroxylation is 1. The van der Waals surface area contributed by atoms with Crippen molar-refractivity contribution in [2.24, 2.45) is 0 Å². The van der Waals surface area contributed by atoms with Crippen molar-refractivity contribution >= 4 is 23.2 Å². The molecule has 0 aliphatic rings. The van der Waals surface area contributed by atoms with Crippen LogP contribution in [0.3, 0.4) is 0 Å². The fourth-order valence-corrected chi connectivity index (χ4v) is 2.35. The number of carbonyl (C=O) groups is 2. The van der Waals surface area contributed by atoms with Crippen molar-refractivity contribution in [1.82, 2.24) is 10.3 Å². The largest absolute Gasteiger partial charge is 0.477 e. The molecule has 2 aromatic heterocycles. The minimum atomic E-state index is -1.15. The highest BCUT2D eigenvalue weighted by Gasteiger charge is 2.11. The molecule has 98 valence electrons. The lowest BCUT2D eigenvalue weighted by Crippen LogP contribution is -2.24. The number of nitrogens with zero attached hydrogens (tertiary/aromatic N) is 1. The van der Waals surface area contributed by atoms with Crippen molar-refractivity contribution in [2.75, 3.05) is 0 Å². The minimum absolute atomic E-state index is 0.105. The van der Waals surface area contributed by atoms with Gasteiger partial charge in [0.05, 0.1) is 6.54 Å². The predicted molar refractivity (Wildman–Crippen MR) is 71.4 cm³/mol. The lowest BCUT2D eigenvalue weighted by Gasteiger charge is -2.03. The van der Waals surface area contributed by atoms with Crippen molar-refractivity contribution in [2.45, 2.75) is 13.5 Å². The lowest BCUT2D eigenvalue weighted by atomic mass is 10.3. The maximum absolute atomic E-state index is 11.8. The van der Waals surface area contributed by atoms with E-state index in [0.29, 0.717) is 6.54 Å². The van der Waals surface area contributed by atoms with E-state index in [0.717, 1.165) is 4.88 Å². The standard InChI is InChI=1S/C13H12N2O3S/c1-8-5-6-9(19-8)7-14-12(16)10-3-2-4-11(15-10)13(17)18/h2-6H,7H2,1H3,(H,14,16)(H,17,18). The summed E-state index contributed by atoms with van der Waals surface area (Å²) >= 11 is 1.60. The summed E-state index contributed by atoms with van der Waals surface area (Å²) in [5.74, 6) is -1.53. The molecule has 0 unspecified atom stereocenters. The number of hydrogen-bond donors (Lipinski definition) is 2. The van der Waals surface area contributed by atoms with Gasteiger partial charge in [0.1, 0.15) is 11.4 Å². The van der Waals surface area contributed by atoms with Gasteiger partial charge in [-0.3, -0.25) is 4.79 Å². The molecule has 2 heterocycles. The Kier molecular flexibility index (Phi) is 3.91. The van der Waals surface area contributed by atoms with Crippen LogP contribution in [0, 0.1) is 6.92 Å². The smallest absolute Gasteiger partial charge is 0.354 e. The molecule has 0 spiro atoms. The van der Waals surface area contributed by atoms with Crippen molar-refractivity contribution in [3.63, 3.8) is 0 Å². The van der Waals surface area contributed by atoms with E-state index in [4.69, 9.17) is 5.11 Å². The van der Waals surface area contributed by atoms with Gasteiger partial charge in [-0.05, 0) is 31.2 Å². The van der Waals surface area contributed by atoms with E-state index in [2.05, 4.69) is 10.3 Å². The molecular formula is C13H12N2O3S. The Morgan fingerprint density at radius 3 is 2.63 bits per heavy atom. The molecule has 0 atom stereocenters. The van der Waals surface area contributed by atoms with E-state index in [9.17, 15) is 9.59 Å². The molecule has 6 heteroatoms. The minimum Gasteiger partial charge on any atom is -0.477 e. The maximum Gasteiger partial charge on any atom is 0.354 e. The highest BCUT2D eigenvalue weighted by Crippen LogP contribution is 2.14. The van der Waals surface area contributed by atoms with Crippen LogP contribution in [0.4, 0.5) is 0 Å². The summed E-state index contributed by atoms with van der Waals surface area (Å²) in [6, 6.07) is 8.26. The Balaban J connectivity index is 2.03. The van der Waals surface area contributed by atoms with Gasteiger partial charge in [-0.2, -0.15) is 0 Å². The van der Waals surface area contributed by atoms with Gasteiger partial charge in [0.15, 0.2) is 0 Å². The molecule has 2 aromatic rings. The van der Waals surface area contributed by atoms with Crippen LogP contribution in [0.25, 0.3) is 0 Å². The number of rotatable bonds is 4. The molecule has 5 nitrogen and oxygen atoms in total. The Morgan fingerprint density at radius 1 is 1.26 bits per heavy atom. The number of aromatic carboxylic acids is 1. The Hall–Kier alpha value is -2.21. The Labute approximate surface area is 113 Å². The first kappa shape index (κ1) is 13.2. The van der Waals surface area contributed by atoms with Gasteiger partial charge in [0, 0.05) is 9.75 Å². The van der Waals surface area contributed by atoms with Crippen LogP contribution < -0.4 is 5.32 Å². The van der Waals surface area contributed by atoms with Crippen LogP contribution >= 0.6 is 11.3 Å². The first-order valence-corrected chi connectivity index (χ1v) is 6.42. The third-order valence-corrected chi connectivity index (χ3v) is 3.42. The Bertz CT molecular complexity index is 622. The number of carbonyl (C=O) groups excluding carboxylic acids is 1. The molecule has 0 bridgehead atoms. The van der Waals surface area contributed by atoms with Crippen molar-refractivity contribution in [3.05, 3.63) is 51.5 Å². The molecule has 0 aromatic carbocycles. The normalized spacial score (nSPS) is 10.2. The number of aromatic nitrogens is 1. The molecule has 1 amide bonds. The summed E-state index contributed by atoms with van der Waals surface area (Å²) < 4.78 is 0. The number of nitrogens with one attached hydrogen (secondary N) is 1. The molecule has 0 saturated carbocycles. The number of amides is 1. The fourth-order valence-electron chi connectivity index (χ4n) is 1.52. The zero-order chi connectivity index (χ0) is 13.8. The zero-order valence-corrected chi connectivity index (χ0v) is 11.0. The third-order valence-electron chi connectivity index (χ3n) is 2.42. The van der Waals surface area contributed by atoms with Crippen molar-refractivity contribution in [3.8, 4) is 0 Å². The number of hydrogen-bond acceptors (Lipinski definition) is 4. The van der Waals surface area contributed by atoms with Gasteiger partial charge in [0.25, 0.3) is 5.91 Å². The van der Waals surface area contributed by atoms with Crippen LogP contribution in [-0.4, -0.2) is 22.0 Å². The van der Waals surface area contributed by atoms with Crippen LogP contribution in [0.15, 0.2) is 30.3 Å². The maximum atomic E-state index is 11.8. The molecule has 0 saturated heterocycles. The quantitative estimate of drug-likeness (QED) is 0.896. The molecule has 2 N–H and O–H groups in total. The average Bonchev–Trinajstić information content (AvgIpc) is 2.82.